The number of piperazine rings is 1. The van der Waals surface area contributed by atoms with Crippen molar-refractivity contribution >= 4 is 17.8 Å². The van der Waals surface area contributed by atoms with Crippen molar-refractivity contribution in [3.63, 3.8) is 0 Å². The van der Waals surface area contributed by atoms with E-state index >= 15 is 0 Å². The van der Waals surface area contributed by atoms with Gasteiger partial charge in [-0.25, -0.2) is 9.78 Å². The Hall–Kier alpha value is -3.42. The summed E-state index contributed by atoms with van der Waals surface area (Å²) in [5, 5.41) is 9.01. The fourth-order valence-corrected chi connectivity index (χ4v) is 3.09. The van der Waals surface area contributed by atoms with Gasteiger partial charge in [0.15, 0.2) is 0 Å². The van der Waals surface area contributed by atoms with Crippen LogP contribution in [0, 0.1) is 0 Å². The van der Waals surface area contributed by atoms with Gasteiger partial charge >= 0.3 is 5.97 Å². The zero-order valence-electron chi connectivity index (χ0n) is 15.5. The van der Waals surface area contributed by atoms with Crippen molar-refractivity contribution < 1.29 is 24.2 Å². The maximum absolute atomic E-state index is 12.6. The largest absolute Gasteiger partial charge is 0.497 e. The van der Waals surface area contributed by atoms with Crippen molar-refractivity contribution in [2.24, 2.45) is 0 Å². The lowest BCUT2D eigenvalue weighted by molar-refractivity contribution is -0.131. The summed E-state index contributed by atoms with van der Waals surface area (Å²) in [7, 11) is 1.58. The van der Waals surface area contributed by atoms with E-state index in [0.717, 1.165) is 5.56 Å². The third kappa shape index (κ3) is 4.46. The zero-order valence-corrected chi connectivity index (χ0v) is 15.5. The highest BCUT2D eigenvalue weighted by Crippen LogP contribution is 2.15. The summed E-state index contributed by atoms with van der Waals surface area (Å²) in [6.07, 6.45) is 1.59. The molecule has 8 nitrogen and oxygen atoms in total. The highest BCUT2D eigenvalue weighted by molar-refractivity contribution is 5.96. The molecule has 0 radical (unpaired) electrons. The second kappa shape index (κ2) is 8.51. The van der Waals surface area contributed by atoms with Gasteiger partial charge in [0.25, 0.3) is 5.91 Å². The van der Waals surface area contributed by atoms with Crippen LogP contribution in [0.5, 0.6) is 5.75 Å². The smallest absolute Gasteiger partial charge is 0.354 e. The molecule has 3 rings (SSSR count). The summed E-state index contributed by atoms with van der Waals surface area (Å²) in [6.45, 7) is 1.66. The van der Waals surface area contributed by atoms with Crippen molar-refractivity contribution in [2.75, 3.05) is 33.3 Å². The Morgan fingerprint density at radius 1 is 1.07 bits per heavy atom. The summed E-state index contributed by atoms with van der Waals surface area (Å²) in [6, 6.07) is 10.1. The second-order valence-corrected chi connectivity index (χ2v) is 6.44. The number of carboxylic acid groups (broad SMARTS) is 1. The third-order valence-electron chi connectivity index (χ3n) is 4.64. The molecule has 0 unspecified atom stereocenters. The van der Waals surface area contributed by atoms with Crippen molar-refractivity contribution in [1.82, 2.24) is 14.8 Å². The van der Waals surface area contributed by atoms with Crippen LogP contribution in [-0.4, -0.2) is 71.0 Å². The van der Waals surface area contributed by atoms with Gasteiger partial charge in [0.05, 0.1) is 13.5 Å². The van der Waals surface area contributed by atoms with Crippen LogP contribution in [0.2, 0.25) is 0 Å². The molecule has 2 aromatic rings. The molecule has 0 atom stereocenters. The summed E-state index contributed by atoms with van der Waals surface area (Å²) in [5.74, 6) is -0.733. The number of hydrogen-bond acceptors (Lipinski definition) is 5. The average Bonchev–Trinajstić information content (AvgIpc) is 2.73. The standard InChI is InChI=1S/C20H21N3O5/c1-28-16-4-2-3-14(11-16)12-18(24)22-7-9-23(10-8-22)19(25)15-5-6-21-17(13-15)20(26)27/h2-6,11,13H,7-10,12H2,1H3,(H,26,27). The number of methoxy groups -OCH3 is 1. The SMILES string of the molecule is COc1cccc(CC(=O)N2CCN(C(=O)c3ccnc(C(=O)O)c3)CC2)c1. The molecule has 1 saturated heterocycles. The minimum Gasteiger partial charge on any atom is -0.497 e. The fraction of sp³-hybridized carbons (Fsp3) is 0.300. The maximum Gasteiger partial charge on any atom is 0.354 e. The van der Waals surface area contributed by atoms with Crippen LogP contribution in [-0.2, 0) is 11.2 Å². The predicted molar refractivity (Wildman–Crippen MR) is 100 cm³/mol. The summed E-state index contributed by atoms with van der Waals surface area (Å²) >= 11 is 0. The zero-order chi connectivity index (χ0) is 20.1. The van der Waals surface area contributed by atoms with Crippen LogP contribution >= 0.6 is 0 Å². The quantitative estimate of drug-likeness (QED) is 0.836. The highest BCUT2D eigenvalue weighted by Gasteiger charge is 2.25. The molecule has 0 aliphatic carbocycles. The number of hydrogen-bond donors (Lipinski definition) is 1. The molecule has 0 spiro atoms. The molecule has 1 aliphatic rings. The number of aromatic carboxylic acids is 1. The lowest BCUT2D eigenvalue weighted by Crippen LogP contribution is -2.51. The monoisotopic (exact) mass is 383 g/mol. The van der Waals surface area contributed by atoms with E-state index in [0.29, 0.717) is 31.9 Å². The Kier molecular flexibility index (Phi) is 5.88. The molecule has 0 bridgehead atoms. The second-order valence-electron chi connectivity index (χ2n) is 6.44. The van der Waals surface area contributed by atoms with Gasteiger partial charge in [-0.3, -0.25) is 9.59 Å². The normalized spacial score (nSPS) is 13.9. The number of amides is 2. The Morgan fingerprint density at radius 3 is 2.46 bits per heavy atom. The number of carboxylic acids is 1. The minimum absolute atomic E-state index is 0.00238. The number of aromatic nitrogens is 1. The van der Waals surface area contributed by atoms with Crippen molar-refractivity contribution in [1.29, 1.82) is 0 Å². The fourth-order valence-electron chi connectivity index (χ4n) is 3.09. The molecule has 1 aromatic carbocycles. The van der Waals surface area contributed by atoms with Gasteiger partial charge in [-0.1, -0.05) is 12.1 Å². The maximum atomic E-state index is 12.6. The first-order chi connectivity index (χ1) is 13.5. The van der Waals surface area contributed by atoms with Crippen LogP contribution in [0.15, 0.2) is 42.6 Å². The number of ether oxygens (including phenoxy) is 1. The van der Waals surface area contributed by atoms with Gasteiger partial charge < -0.3 is 19.6 Å². The Bertz CT molecular complexity index is 891. The first-order valence-corrected chi connectivity index (χ1v) is 8.87. The van der Waals surface area contributed by atoms with E-state index in [1.165, 1.54) is 18.3 Å². The molecule has 1 fully saturated rings. The Balaban J connectivity index is 1.57. The van der Waals surface area contributed by atoms with Crippen LogP contribution in [0.25, 0.3) is 0 Å². The molecule has 28 heavy (non-hydrogen) atoms. The number of nitrogens with zero attached hydrogens (tertiary/aromatic N) is 3. The molecule has 8 heteroatoms. The van der Waals surface area contributed by atoms with Crippen LogP contribution in [0.3, 0.4) is 0 Å². The minimum atomic E-state index is -1.18. The van der Waals surface area contributed by atoms with Crippen molar-refractivity contribution in [3.05, 3.63) is 59.4 Å². The molecule has 0 saturated carbocycles. The molecule has 2 heterocycles. The molecular weight excluding hydrogens is 362 g/mol. The molecule has 1 N–H and O–H groups in total. The molecule has 146 valence electrons. The van der Waals surface area contributed by atoms with E-state index in [4.69, 9.17) is 9.84 Å². The van der Waals surface area contributed by atoms with Crippen LogP contribution in [0.1, 0.15) is 26.4 Å². The number of carbonyl (C=O) groups excluding carboxylic acids is 2. The predicted octanol–water partition coefficient (Wildman–Crippen LogP) is 1.32. The molecule has 1 aliphatic heterocycles. The number of carbonyl (C=O) groups is 3. The van der Waals surface area contributed by atoms with E-state index in [1.54, 1.807) is 16.9 Å². The van der Waals surface area contributed by atoms with Crippen molar-refractivity contribution in [3.8, 4) is 5.75 Å². The average molecular weight is 383 g/mol. The number of pyridine rings is 1. The highest BCUT2D eigenvalue weighted by atomic mass is 16.5. The lowest BCUT2D eigenvalue weighted by atomic mass is 10.1. The Morgan fingerprint density at radius 2 is 1.79 bits per heavy atom. The molecular formula is C20H21N3O5. The van der Waals surface area contributed by atoms with Gasteiger partial charge in [-0.15, -0.1) is 0 Å². The van der Waals surface area contributed by atoms with Gasteiger partial charge in [0.2, 0.25) is 5.91 Å². The topological polar surface area (TPSA) is 100 Å². The first kappa shape index (κ1) is 19.3. The van der Waals surface area contributed by atoms with E-state index < -0.39 is 5.97 Å². The summed E-state index contributed by atoms with van der Waals surface area (Å²) in [4.78, 5) is 43.2. The van der Waals surface area contributed by atoms with Crippen LogP contribution < -0.4 is 4.74 Å². The third-order valence-corrected chi connectivity index (χ3v) is 4.64. The van der Waals surface area contributed by atoms with E-state index in [1.807, 2.05) is 24.3 Å². The first-order valence-electron chi connectivity index (χ1n) is 8.87. The van der Waals surface area contributed by atoms with Crippen LogP contribution in [0.4, 0.5) is 0 Å². The van der Waals surface area contributed by atoms with Gasteiger partial charge in [-0.05, 0) is 29.8 Å². The number of benzene rings is 1. The van der Waals surface area contributed by atoms with Gasteiger partial charge in [-0.2, -0.15) is 0 Å². The summed E-state index contributed by atoms with van der Waals surface area (Å²) in [5.41, 5.74) is 0.988. The Labute approximate surface area is 162 Å². The van der Waals surface area contributed by atoms with E-state index in [-0.39, 0.29) is 29.5 Å². The van der Waals surface area contributed by atoms with Gasteiger partial charge in [0, 0.05) is 37.9 Å². The lowest BCUT2D eigenvalue weighted by Gasteiger charge is -2.35. The van der Waals surface area contributed by atoms with E-state index in [9.17, 15) is 14.4 Å². The summed E-state index contributed by atoms with van der Waals surface area (Å²) < 4.78 is 5.18. The van der Waals surface area contributed by atoms with Crippen molar-refractivity contribution in [2.45, 2.75) is 6.42 Å². The molecule has 1 aromatic heterocycles. The van der Waals surface area contributed by atoms with Gasteiger partial charge in [0.1, 0.15) is 11.4 Å². The number of rotatable bonds is 5. The molecule has 2 amide bonds. The van der Waals surface area contributed by atoms with E-state index in [2.05, 4.69) is 4.98 Å².